The van der Waals surface area contributed by atoms with Gasteiger partial charge < -0.3 is 9.32 Å². The highest BCUT2D eigenvalue weighted by Gasteiger charge is 2.24. The van der Waals surface area contributed by atoms with Gasteiger partial charge in [0.2, 0.25) is 0 Å². The second-order valence-corrected chi connectivity index (χ2v) is 5.54. The number of hydrogen-bond donors (Lipinski definition) is 0. The first kappa shape index (κ1) is 12.4. The summed E-state index contributed by atoms with van der Waals surface area (Å²) in [7, 11) is 0. The van der Waals surface area contributed by atoms with Gasteiger partial charge in [-0.05, 0) is 24.3 Å². The third-order valence-electron chi connectivity index (χ3n) is 3.30. The zero-order chi connectivity index (χ0) is 13.4. The van der Waals surface area contributed by atoms with Crippen LogP contribution in [0.15, 0.2) is 33.2 Å². The van der Waals surface area contributed by atoms with E-state index in [4.69, 9.17) is 4.42 Å². The maximum Gasteiger partial charge on any atom is 0.289 e. The van der Waals surface area contributed by atoms with Crippen molar-refractivity contribution in [3.8, 4) is 0 Å². The Balaban J connectivity index is 1.87. The second-order valence-electron chi connectivity index (χ2n) is 4.62. The van der Waals surface area contributed by atoms with Crippen molar-refractivity contribution >= 4 is 38.6 Å². The molecule has 19 heavy (non-hydrogen) atoms. The molecule has 1 fully saturated rings. The SMILES string of the molecule is O=C1CCN(C(=O)c2cc3ccc(Br)cc3o2)CC1. The van der Waals surface area contributed by atoms with E-state index in [9.17, 15) is 9.59 Å². The molecule has 2 aromatic rings. The Morgan fingerprint density at radius 2 is 1.95 bits per heavy atom. The molecule has 0 radical (unpaired) electrons. The molecule has 1 aromatic carbocycles. The fraction of sp³-hybridized carbons (Fsp3) is 0.286. The van der Waals surface area contributed by atoms with Crippen molar-refractivity contribution in [2.45, 2.75) is 12.8 Å². The summed E-state index contributed by atoms with van der Waals surface area (Å²) in [6.45, 7) is 0.969. The van der Waals surface area contributed by atoms with Gasteiger partial charge in [0.05, 0.1) is 0 Å². The summed E-state index contributed by atoms with van der Waals surface area (Å²) < 4.78 is 6.50. The molecule has 1 aliphatic heterocycles. The summed E-state index contributed by atoms with van der Waals surface area (Å²) in [5.41, 5.74) is 0.686. The second kappa shape index (κ2) is 4.81. The maximum atomic E-state index is 12.3. The topological polar surface area (TPSA) is 50.5 Å². The lowest BCUT2D eigenvalue weighted by Crippen LogP contribution is -2.38. The Morgan fingerprint density at radius 1 is 1.21 bits per heavy atom. The Labute approximate surface area is 118 Å². The highest BCUT2D eigenvalue weighted by atomic mass is 79.9. The van der Waals surface area contributed by atoms with Crippen LogP contribution >= 0.6 is 15.9 Å². The summed E-state index contributed by atoms with van der Waals surface area (Å²) >= 11 is 3.37. The van der Waals surface area contributed by atoms with Crippen molar-refractivity contribution in [2.75, 3.05) is 13.1 Å². The average molecular weight is 322 g/mol. The molecule has 1 saturated heterocycles. The monoisotopic (exact) mass is 321 g/mol. The molecule has 1 amide bonds. The van der Waals surface area contributed by atoms with Gasteiger partial charge in [-0.25, -0.2) is 0 Å². The van der Waals surface area contributed by atoms with Gasteiger partial charge in [-0.1, -0.05) is 15.9 Å². The van der Waals surface area contributed by atoms with Crippen LogP contribution in [0.25, 0.3) is 11.0 Å². The zero-order valence-electron chi connectivity index (χ0n) is 10.2. The molecule has 0 atom stereocenters. The third-order valence-corrected chi connectivity index (χ3v) is 3.79. The van der Waals surface area contributed by atoms with Gasteiger partial charge >= 0.3 is 0 Å². The number of furan rings is 1. The lowest BCUT2D eigenvalue weighted by atomic mass is 10.1. The van der Waals surface area contributed by atoms with Crippen LogP contribution in [0.4, 0.5) is 0 Å². The van der Waals surface area contributed by atoms with E-state index in [-0.39, 0.29) is 11.7 Å². The van der Waals surface area contributed by atoms with Gasteiger partial charge in [0.1, 0.15) is 11.4 Å². The van der Waals surface area contributed by atoms with Gasteiger partial charge in [-0.3, -0.25) is 9.59 Å². The van der Waals surface area contributed by atoms with E-state index in [1.54, 1.807) is 11.0 Å². The fourth-order valence-corrected chi connectivity index (χ4v) is 2.57. The summed E-state index contributed by atoms with van der Waals surface area (Å²) in [4.78, 5) is 25.1. The average Bonchev–Trinajstić information content (AvgIpc) is 2.81. The number of piperidine rings is 1. The summed E-state index contributed by atoms with van der Waals surface area (Å²) in [5, 5.41) is 0.902. The zero-order valence-corrected chi connectivity index (χ0v) is 11.8. The molecule has 1 aliphatic rings. The van der Waals surface area contributed by atoms with Crippen molar-refractivity contribution in [2.24, 2.45) is 0 Å². The standard InChI is InChI=1S/C14H12BrNO3/c15-10-2-1-9-7-13(19-12(9)8-10)14(18)16-5-3-11(17)4-6-16/h1-2,7-8H,3-6H2. The number of hydrogen-bond acceptors (Lipinski definition) is 3. The van der Waals surface area contributed by atoms with Crippen molar-refractivity contribution in [1.29, 1.82) is 0 Å². The summed E-state index contributed by atoms with van der Waals surface area (Å²) in [5.74, 6) is 0.417. The molecule has 0 saturated carbocycles. The highest BCUT2D eigenvalue weighted by Crippen LogP contribution is 2.24. The van der Waals surface area contributed by atoms with Gasteiger partial charge in [-0.15, -0.1) is 0 Å². The molecule has 0 spiro atoms. The van der Waals surface area contributed by atoms with E-state index in [0.717, 1.165) is 9.86 Å². The van der Waals surface area contributed by atoms with Crippen molar-refractivity contribution in [3.63, 3.8) is 0 Å². The number of fused-ring (bicyclic) bond motifs is 1. The molecule has 4 nitrogen and oxygen atoms in total. The van der Waals surface area contributed by atoms with Crippen LogP contribution < -0.4 is 0 Å². The first-order valence-electron chi connectivity index (χ1n) is 6.13. The number of rotatable bonds is 1. The lowest BCUT2D eigenvalue weighted by molar-refractivity contribution is -0.120. The first-order valence-corrected chi connectivity index (χ1v) is 6.93. The van der Waals surface area contributed by atoms with Crippen LogP contribution in [0.1, 0.15) is 23.4 Å². The minimum absolute atomic E-state index is 0.139. The molecule has 98 valence electrons. The summed E-state index contributed by atoms with van der Waals surface area (Å²) in [6.07, 6.45) is 0.884. The molecule has 0 bridgehead atoms. The number of nitrogens with zero attached hydrogens (tertiary/aromatic N) is 1. The Hall–Kier alpha value is -1.62. The number of benzene rings is 1. The van der Waals surface area contributed by atoms with Crippen molar-refractivity contribution in [3.05, 3.63) is 34.5 Å². The van der Waals surface area contributed by atoms with Crippen LogP contribution in [0.5, 0.6) is 0 Å². The minimum atomic E-state index is -0.139. The quantitative estimate of drug-likeness (QED) is 0.811. The van der Waals surface area contributed by atoms with E-state index >= 15 is 0 Å². The fourth-order valence-electron chi connectivity index (χ4n) is 2.23. The number of ketones is 1. The largest absolute Gasteiger partial charge is 0.451 e. The van der Waals surface area contributed by atoms with Crippen LogP contribution in [0.3, 0.4) is 0 Å². The highest BCUT2D eigenvalue weighted by molar-refractivity contribution is 9.10. The molecule has 1 aromatic heterocycles. The van der Waals surface area contributed by atoms with E-state index in [1.807, 2.05) is 18.2 Å². The smallest absolute Gasteiger partial charge is 0.289 e. The Bertz CT molecular complexity index is 652. The molecule has 0 unspecified atom stereocenters. The van der Waals surface area contributed by atoms with Crippen LogP contribution in [0.2, 0.25) is 0 Å². The van der Waals surface area contributed by atoms with Crippen LogP contribution in [-0.2, 0) is 4.79 Å². The minimum Gasteiger partial charge on any atom is -0.451 e. The number of Topliss-reactive ketones (excluding diaryl/α,β-unsaturated/α-hetero) is 1. The van der Waals surface area contributed by atoms with Gasteiger partial charge in [-0.2, -0.15) is 0 Å². The van der Waals surface area contributed by atoms with Crippen LogP contribution in [-0.4, -0.2) is 29.7 Å². The number of halogens is 1. The summed E-state index contributed by atoms with van der Waals surface area (Å²) in [6, 6.07) is 7.40. The molecule has 0 aliphatic carbocycles. The maximum absolute atomic E-state index is 12.3. The number of carbonyl (C=O) groups excluding carboxylic acids is 2. The normalized spacial score (nSPS) is 16.1. The Morgan fingerprint density at radius 3 is 2.68 bits per heavy atom. The molecular formula is C14H12BrNO3. The van der Waals surface area contributed by atoms with Crippen LogP contribution in [0, 0.1) is 0 Å². The predicted octanol–water partition coefficient (Wildman–Crippen LogP) is 3.00. The van der Waals surface area contributed by atoms with E-state index < -0.39 is 0 Å². The molecule has 3 rings (SSSR count). The third kappa shape index (κ3) is 2.42. The van der Waals surface area contributed by atoms with Gasteiger partial charge in [0.15, 0.2) is 5.76 Å². The molecule has 2 heterocycles. The van der Waals surface area contributed by atoms with E-state index in [1.165, 1.54) is 0 Å². The van der Waals surface area contributed by atoms with Gasteiger partial charge in [0, 0.05) is 35.8 Å². The van der Waals surface area contributed by atoms with Crippen molar-refractivity contribution < 1.29 is 14.0 Å². The number of amides is 1. The molecular weight excluding hydrogens is 310 g/mol. The number of carbonyl (C=O) groups is 2. The van der Waals surface area contributed by atoms with Gasteiger partial charge in [0.25, 0.3) is 5.91 Å². The predicted molar refractivity (Wildman–Crippen MR) is 74.1 cm³/mol. The first-order chi connectivity index (χ1) is 9.13. The number of likely N-dealkylation sites (tertiary alicyclic amines) is 1. The molecule has 0 N–H and O–H groups in total. The molecule has 5 heteroatoms. The van der Waals surface area contributed by atoms with E-state index in [2.05, 4.69) is 15.9 Å². The lowest BCUT2D eigenvalue weighted by Gasteiger charge is -2.24. The Kier molecular flexibility index (Phi) is 3.14. The van der Waals surface area contributed by atoms with Crippen molar-refractivity contribution in [1.82, 2.24) is 4.90 Å². The van der Waals surface area contributed by atoms with E-state index in [0.29, 0.717) is 37.3 Å².